The summed E-state index contributed by atoms with van der Waals surface area (Å²) in [5.41, 5.74) is 2.03. The molecule has 1 aliphatic rings. The molecule has 0 radical (unpaired) electrons. The van der Waals surface area contributed by atoms with Gasteiger partial charge < -0.3 is 9.47 Å². The first-order valence-electron chi connectivity index (χ1n) is 6.62. The van der Waals surface area contributed by atoms with E-state index in [1.54, 1.807) is 6.07 Å². The second-order valence-corrected chi connectivity index (χ2v) is 5.07. The van der Waals surface area contributed by atoms with E-state index in [1.165, 1.54) is 26.4 Å². The molecule has 3 rings (SSSR count). The number of fused-ring (bicyclic) bond motifs is 3. The quantitative estimate of drug-likeness (QED) is 0.814. The van der Waals surface area contributed by atoms with Crippen LogP contribution >= 0.6 is 0 Å². The van der Waals surface area contributed by atoms with Crippen molar-refractivity contribution in [2.45, 2.75) is 5.41 Å². The molecule has 0 heterocycles. The topological polar surface area (TPSA) is 35.5 Å². The van der Waals surface area contributed by atoms with Gasteiger partial charge in [-0.3, -0.25) is 4.79 Å². The molecule has 3 nitrogen and oxygen atoms in total. The summed E-state index contributed by atoms with van der Waals surface area (Å²) < 4.78 is 24.0. The largest absolute Gasteiger partial charge is 0.468 e. The van der Waals surface area contributed by atoms with E-state index < -0.39 is 11.4 Å². The smallest absolute Gasteiger partial charge is 0.323 e. The minimum absolute atomic E-state index is 0.148. The molecule has 0 fully saturated rings. The summed E-state index contributed by atoms with van der Waals surface area (Å²) in [6, 6.07) is 11.9. The number of carbonyl (C=O) groups is 1. The van der Waals surface area contributed by atoms with Crippen molar-refractivity contribution in [1.29, 1.82) is 0 Å². The van der Waals surface area contributed by atoms with Crippen molar-refractivity contribution < 1.29 is 18.7 Å². The van der Waals surface area contributed by atoms with Gasteiger partial charge in [0.1, 0.15) is 11.2 Å². The van der Waals surface area contributed by atoms with Gasteiger partial charge in [-0.25, -0.2) is 4.39 Å². The molecular weight excluding hydrogens is 271 g/mol. The van der Waals surface area contributed by atoms with Gasteiger partial charge in [-0.1, -0.05) is 30.3 Å². The van der Waals surface area contributed by atoms with Crippen LogP contribution in [0.5, 0.6) is 0 Å². The van der Waals surface area contributed by atoms with Crippen LogP contribution in [0.4, 0.5) is 4.39 Å². The summed E-state index contributed by atoms with van der Waals surface area (Å²) in [7, 11) is 2.89. The lowest BCUT2D eigenvalue weighted by molar-refractivity contribution is -0.147. The molecule has 2 aromatic carbocycles. The Morgan fingerprint density at radius 2 is 1.81 bits per heavy atom. The van der Waals surface area contributed by atoms with Gasteiger partial charge in [0.2, 0.25) is 0 Å². The molecule has 0 amide bonds. The predicted octanol–water partition coefficient (Wildman–Crippen LogP) is 2.91. The minimum atomic E-state index is -1.04. The lowest BCUT2D eigenvalue weighted by Crippen LogP contribution is -2.40. The highest BCUT2D eigenvalue weighted by Gasteiger charge is 2.50. The first kappa shape index (κ1) is 13.8. The van der Waals surface area contributed by atoms with Crippen molar-refractivity contribution in [3.8, 4) is 11.1 Å². The summed E-state index contributed by atoms with van der Waals surface area (Å²) >= 11 is 0. The minimum Gasteiger partial charge on any atom is -0.468 e. The molecule has 1 atom stereocenters. The van der Waals surface area contributed by atoms with E-state index in [1.807, 2.05) is 24.3 Å². The fourth-order valence-electron chi connectivity index (χ4n) is 3.17. The number of rotatable bonds is 3. The van der Waals surface area contributed by atoms with E-state index >= 15 is 0 Å². The zero-order chi connectivity index (χ0) is 15.0. The van der Waals surface area contributed by atoms with Crippen LogP contribution in [0.1, 0.15) is 11.1 Å². The molecule has 4 heteroatoms. The maximum Gasteiger partial charge on any atom is 0.323 e. The van der Waals surface area contributed by atoms with Crippen LogP contribution in [0.2, 0.25) is 0 Å². The Morgan fingerprint density at radius 1 is 1.10 bits per heavy atom. The van der Waals surface area contributed by atoms with Crippen molar-refractivity contribution in [3.63, 3.8) is 0 Å². The highest BCUT2D eigenvalue weighted by Crippen LogP contribution is 2.49. The standard InChI is InChI=1S/C17H15FO3/c1-20-10-17(16(19)21-2)14-6-4-3-5-12(14)13-9-11(18)7-8-15(13)17/h3-9H,10H2,1-2H3. The van der Waals surface area contributed by atoms with E-state index in [4.69, 9.17) is 9.47 Å². The van der Waals surface area contributed by atoms with Crippen LogP contribution in [-0.2, 0) is 19.7 Å². The molecule has 1 aliphatic carbocycles. The number of benzene rings is 2. The van der Waals surface area contributed by atoms with Crippen molar-refractivity contribution in [3.05, 3.63) is 59.4 Å². The lowest BCUT2D eigenvalue weighted by Gasteiger charge is -2.28. The Bertz CT molecular complexity index is 711. The van der Waals surface area contributed by atoms with Crippen molar-refractivity contribution in [1.82, 2.24) is 0 Å². The average Bonchev–Trinajstić information content (AvgIpc) is 2.78. The zero-order valence-electron chi connectivity index (χ0n) is 11.9. The highest BCUT2D eigenvalue weighted by atomic mass is 19.1. The molecule has 2 aromatic rings. The third kappa shape index (κ3) is 1.79. The molecule has 0 bridgehead atoms. The van der Waals surface area contributed by atoms with Gasteiger partial charge in [0, 0.05) is 7.11 Å². The maximum absolute atomic E-state index is 13.6. The molecule has 0 N–H and O–H groups in total. The summed E-state index contributed by atoms with van der Waals surface area (Å²) in [6.45, 7) is 0.148. The number of methoxy groups -OCH3 is 2. The molecule has 0 saturated heterocycles. The van der Waals surface area contributed by atoms with Gasteiger partial charge in [-0.15, -0.1) is 0 Å². The maximum atomic E-state index is 13.6. The van der Waals surface area contributed by atoms with E-state index in [0.717, 1.165) is 16.7 Å². The third-order valence-electron chi connectivity index (χ3n) is 4.01. The lowest BCUT2D eigenvalue weighted by atomic mass is 9.79. The molecule has 21 heavy (non-hydrogen) atoms. The second-order valence-electron chi connectivity index (χ2n) is 5.07. The van der Waals surface area contributed by atoms with E-state index in [-0.39, 0.29) is 12.4 Å². The van der Waals surface area contributed by atoms with Crippen LogP contribution in [0, 0.1) is 5.82 Å². The molecule has 1 unspecified atom stereocenters. The van der Waals surface area contributed by atoms with Crippen molar-refractivity contribution in [2.75, 3.05) is 20.8 Å². The van der Waals surface area contributed by atoms with Crippen molar-refractivity contribution >= 4 is 5.97 Å². The summed E-state index contributed by atoms with van der Waals surface area (Å²) in [6.07, 6.45) is 0. The number of esters is 1. The predicted molar refractivity (Wildman–Crippen MR) is 76.5 cm³/mol. The van der Waals surface area contributed by atoms with E-state index in [0.29, 0.717) is 5.56 Å². The number of halogens is 1. The fourth-order valence-corrected chi connectivity index (χ4v) is 3.17. The van der Waals surface area contributed by atoms with E-state index in [2.05, 4.69) is 0 Å². The Hall–Kier alpha value is -2.20. The fraction of sp³-hybridized carbons (Fsp3) is 0.235. The number of hydrogen-bond acceptors (Lipinski definition) is 3. The van der Waals surface area contributed by atoms with Gasteiger partial charge in [-0.05, 0) is 34.4 Å². The molecule has 0 saturated carbocycles. The van der Waals surface area contributed by atoms with Crippen molar-refractivity contribution in [2.24, 2.45) is 0 Å². The van der Waals surface area contributed by atoms with Gasteiger partial charge in [-0.2, -0.15) is 0 Å². The van der Waals surface area contributed by atoms with E-state index in [9.17, 15) is 9.18 Å². The SMILES string of the molecule is COCC1(C(=O)OC)c2ccccc2-c2cc(F)ccc21. The van der Waals surface area contributed by atoms with Crippen LogP contribution < -0.4 is 0 Å². The molecule has 0 aliphatic heterocycles. The zero-order valence-corrected chi connectivity index (χ0v) is 11.9. The van der Waals surface area contributed by atoms with Gasteiger partial charge in [0.25, 0.3) is 0 Å². The van der Waals surface area contributed by atoms with Crippen LogP contribution in [0.15, 0.2) is 42.5 Å². The molecular formula is C17H15FO3. The highest BCUT2D eigenvalue weighted by molar-refractivity contribution is 5.98. The summed E-state index contributed by atoms with van der Waals surface area (Å²) in [5.74, 6) is -0.733. The van der Waals surface area contributed by atoms with Gasteiger partial charge in [0.15, 0.2) is 0 Å². The van der Waals surface area contributed by atoms with Crippen LogP contribution in [0.25, 0.3) is 11.1 Å². The Morgan fingerprint density at radius 3 is 2.52 bits per heavy atom. The summed E-state index contributed by atoms with van der Waals surface area (Å²) in [5, 5.41) is 0. The monoisotopic (exact) mass is 286 g/mol. The first-order valence-corrected chi connectivity index (χ1v) is 6.62. The molecule has 0 spiro atoms. The molecule has 0 aromatic heterocycles. The Balaban J connectivity index is 2.37. The Labute approximate surface area is 122 Å². The normalized spacial score (nSPS) is 19.0. The number of hydrogen-bond donors (Lipinski definition) is 0. The first-order chi connectivity index (χ1) is 10.1. The van der Waals surface area contributed by atoms with Crippen LogP contribution in [-0.4, -0.2) is 26.8 Å². The Kier molecular flexibility index (Phi) is 3.26. The average molecular weight is 286 g/mol. The van der Waals surface area contributed by atoms with Crippen LogP contribution in [0.3, 0.4) is 0 Å². The number of ether oxygens (including phenoxy) is 2. The van der Waals surface area contributed by atoms with Gasteiger partial charge >= 0.3 is 5.97 Å². The third-order valence-corrected chi connectivity index (χ3v) is 4.01. The molecule has 108 valence electrons. The summed E-state index contributed by atoms with van der Waals surface area (Å²) in [4.78, 5) is 12.5. The second kappa shape index (κ2) is 4.97. The van der Waals surface area contributed by atoms with Gasteiger partial charge in [0.05, 0.1) is 13.7 Å². The number of carbonyl (C=O) groups excluding carboxylic acids is 1.